The SMILES string of the molecule is N#Cc1ccc2c(c1)c1cc(-c3nc(-c4ccc(-c5ccccc5)cc4)nc(-c4ccc(-c5ccccc5)cc4)n3)ccc1n2-c1ccc(-c2ccccc2)cc1. The highest BCUT2D eigenvalue weighted by molar-refractivity contribution is 6.10. The molecule has 0 N–H and O–H groups in total. The number of hydrogen-bond acceptors (Lipinski definition) is 4. The van der Waals surface area contributed by atoms with Gasteiger partial charge in [0.05, 0.1) is 22.7 Å². The topological polar surface area (TPSA) is 67.4 Å². The Bertz CT molecular complexity index is 2970. The summed E-state index contributed by atoms with van der Waals surface area (Å²) in [5.74, 6) is 1.75. The van der Waals surface area contributed by atoms with Gasteiger partial charge in [0.15, 0.2) is 17.5 Å². The van der Waals surface area contributed by atoms with E-state index >= 15 is 0 Å². The standard InChI is InChI=1S/C52H33N5/c53-34-35-16-30-48-46(32-35)47-33-44(27-31-49(47)57(48)45-28-25-41(26-29-45)38-14-8-3-9-15-38)52-55-50(42-21-17-39(18-22-42)36-10-4-1-5-11-36)54-51(56-52)43-23-19-40(20-24-43)37-12-6-2-7-13-37/h1-33H. The van der Waals surface area contributed by atoms with E-state index in [0.29, 0.717) is 23.0 Å². The summed E-state index contributed by atoms with van der Waals surface area (Å²) in [6.07, 6.45) is 0. The summed E-state index contributed by atoms with van der Waals surface area (Å²) >= 11 is 0. The predicted octanol–water partition coefficient (Wildman–Crippen LogP) is 12.8. The van der Waals surface area contributed by atoms with Gasteiger partial charge < -0.3 is 4.57 Å². The van der Waals surface area contributed by atoms with Crippen LogP contribution in [0.4, 0.5) is 0 Å². The molecule has 2 aromatic heterocycles. The van der Waals surface area contributed by atoms with E-state index in [4.69, 9.17) is 15.0 Å². The smallest absolute Gasteiger partial charge is 0.164 e. The van der Waals surface area contributed by atoms with Gasteiger partial charge in [-0.25, -0.2) is 15.0 Å². The summed E-state index contributed by atoms with van der Waals surface area (Å²) in [5, 5.41) is 11.9. The van der Waals surface area contributed by atoms with E-state index in [1.165, 1.54) is 5.56 Å². The Hall–Kier alpha value is -7.94. The average molecular weight is 728 g/mol. The van der Waals surface area contributed by atoms with E-state index in [1.54, 1.807) is 0 Å². The van der Waals surface area contributed by atoms with Crippen molar-refractivity contribution in [2.75, 3.05) is 0 Å². The third kappa shape index (κ3) is 6.42. The molecule has 0 bridgehead atoms. The first kappa shape index (κ1) is 33.6. The Kier molecular flexibility index (Phi) is 8.48. The van der Waals surface area contributed by atoms with Crippen molar-refractivity contribution in [2.24, 2.45) is 0 Å². The molecule has 10 aromatic rings. The van der Waals surface area contributed by atoms with Crippen molar-refractivity contribution in [2.45, 2.75) is 0 Å². The van der Waals surface area contributed by atoms with E-state index in [9.17, 15) is 5.26 Å². The molecule has 0 unspecified atom stereocenters. The summed E-state index contributed by atoms with van der Waals surface area (Å²) in [6.45, 7) is 0. The van der Waals surface area contributed by atoms with Gasteiger partial charge in [-0.05, 0) is 81.9 Å². The maximum absolute atomic E-state index is 9.92. The second-order valence-electron chi connectivity index (χ2n) is 14.0. The first-order chi connectivity index (χ1) is 28.2. The molecule has 0 saturated carbocycles. The first-order valence-corrected chi connectivity index (χ1v) is 18.9. The Morgan fingerprint density at radius 1 is 0.333 bits per heavy atom. The van der Waals surface area contributed by atoms with Gasteiger partial charge >= 0.3 is 0 Å². The predicted molar refractivity (Wildman–Crippen MR) is 231 cm³/mol. The number of benzene rings is 8. The van der Waals surface area contributed by atoms with Crippen LogP contribution < -0.4 is 0 Å². The Morgan fingerprint density at radius 3 is 1.14 bits per heavy atom. The van der Waals surface area contributed by atoms with Gasteiger partial charge in [-0.15, -0.1) is 0 Å². The minimum absolute atomic E-state index is 0.570. The van der Waals surface area contributed by atoms with Crippen molar-refractivity contribution in [1.82, 2.24) is 19.5 Å². The van der Waals surface area contributed by atoms with Crippen LogP contribution in [-0.4, -0.2) is 19.5 Å². The highest BCUT2D eigenvalue weighted by Gasteiger charge is 2.18. The molecule has 0 aliphatic carbocycles. The van der Waals surface area contributed by atoms with E-state index in [-0.39, 0.29) is 0 Å². The lowest BCUT2D eigenvalue weighted by molar-refractivity contribution is 1.07. The second kappa shape index (κ2) is 14.4. The average Bonchev–Trinajstić information content (AvgIpc) is 3.63. The molecule has 0 atom stereocenters. The van der Waals surface area contributed by atoms with Gasteiger partial charge in [-0.2, -0.15) is 5.26 Å². The van der Waals surface area contributed by atoms with Crippen molar-refractivity contribution >= 4 is 21.8 Å². The van der Waals surface area contributed by atoms with Gasteiger partial charge in [0.1, 0.15) is 0 Å². The third-order valence-corrected chi connectivity index (χ3v) is 10.5. The number of hydrogen-bond donors (Lipinski definition) is 0. The molecule has 0 saturated heterocycles. The Morgan fingerprint density at radius 2 is 0.684 bits per heavy atom. The second-order valence-corrected chi connectivity index (χ2v) is 14.0. The summed E-state index contributed by atoms with van der Waals surface area (Å²) < 4.78 is 2.26. The molecule has 0 aliphatic heterocycles. The fourth-order valence-electron chi connectivity index (χ4n) is 7.59. The molecule has 0 fully saturated rings. The van der Waals surface area contributed by atoms with Crippen LogP contribution in [0.3, 0.4) is 0 Å². The van der Waals surface area contributed by atoms with Crippen LogP contribution >= 0.6 is 0 Å². The zero-order valence-electron chi connectivity index (χ0n) is 30.8. The number of nitrogens with zero attached hydrogens (tertiary/aromatic N) is 5. The van der Waals surface area contributed by atoms with Crippen LogP contribution in [-0.2, 0) is 0 Å². The molecule has 0 radical (unpaired) electrons. The van der Waals surface area contributed by atoms with Crippen LogP contribution in [0.1, 0.15) is 5.56 Å². The number of rotatable bonds is 7. The van der Waals surface area contributed by atoms with Gasteiger partial charge in [0, 0.05) is 33.2 Å². The maximum Gasteiger partial charge on any atom is 0.164 e. The van der Waals surface area contributed by atoms with Crippen LogP contribution in [0.15, 0.2) is 200 Å². The fraction of sp³-hybridized carbons (Fsp3) is 0. The van der Waals surface area contributed by atoms with Crippen LogP contribution in [0.5, 0.6) is 0 Å². The molecule has 8 aromatic carbocycles. The number of nitriles is 1. The van der Waals surface area contributed by atoms with E-state index < -0.39 is 0 Å². The molecule has 10 rings (SSSR count). The monoisotopic (exact) mass is 727 g/mol. The highest BCUT2D eigenvalue weighted by Crippen LogP contribution is 2.36. The zero-order chi connectivity index (χ0) is 38.1. The zero-order valence-corrected chi connectivity index (χ0v) is 30.8. The molecule has 2 heterocycles. The van der Waals surface area contributed by atoms with Gasteiger partial charge in [0.25, 0.3) is 0 Å². The summed E-state index contributed by atoms with van der Waals surface area (Å²) in [6, 6.07) is 71.1. The van der Waals surface area contributed by atoms with Crippen molar-refractivity contribution < 1.29 is 0 Å². The Balaban J connectivity index is 1.11. The third-order valence-electron chi connectivity index (χ3n) is 10.5. The molecule has 0 amide bonds. The highest BCUT2D eigenvalue weighted by atomic mass is 15.0. The molecule has 5 heteroatoms. The molecule has 266 valence electrons. The van der Waals surface area contributed by atoms with Crippen molar-refractivity contribution in [3.8, 4) is 79.3 Å². The largest absolute Gasteiger partial charge is 0.309 e. The molecule has 57 heavy (non-hydrogen) atoms. The minimum Gasteiger partial charge on any atom is -0.309 e. The van der Waals surface area contributed by atoms with Gasteiger partial charge in [-0.1, -0.05) is 152 Å². The molecular weight excluding hydrogens is 695 g/mol. The first-order valence-electron chi connectivity index (χ1n) is 18.9. The molecule has 0 aliphatic rings. The molecule has 0 spiro atoms. The van der Waals surface area contributed by atoms with Crippen molar-refractivity contribution in [3.63, 3.8) is 0 Å². The van der Waals surface area contributed by atoms with Crippen molar-refractivity contribution in [3.05, 3.63) is 206 Å². The summed E-state index contributed by atoms with van der Waals surface area (Å²) in [4.78, 5) is 15.3. The lowest BCUT2D eigenvalue weighted by Gasteiger charge is -2.11. The van der Waals surface area contributed by atoms with E-state index in [0.717, 1.165) is 72.0 Å². The molecular formula is C52H33N5. The van der Waals surface area contributed by atoms with Crippen LogP contribution in [0, 0.1) is 11.3 Å². The number of aromatic nitrogens is 4. The quantitative estimate of drug-likeness (QED) is 0.164. The lowest BCUT2D eigenvalue weighted by Crippen LogP contribution is -2.00. The molecule has 5 nitrogen and oxygen atoms in total. The fourth-order valence-corrected chi connectivity index (χ4v) is 7.59. The van der Waals surface area contributed by atoms with E-state index in [2.05, 4.69) is 150 Å². The van der Waals surface area contributed by atoms with Crippen molar-refractivity contribution in [1.29, 1.82) is 5.26 Å². The summed E-state index contributed by atoms with van der Waals surface area (Å²) in [5.41, 5.74) is 13.2. The van der Waals surface area contributed by atoms with E-state index in [1.807, 2.05) is 60.7 Å². The van der Waals surface area contributed by atoms with Crippen LogP contribution in [0.2, 0.25) is 0 Å². The Labute approximate surface area is 330 Å². The number of fused-ring (bicyclic) bond motifs is 3. The summed E-state index contributed by atoms with van der Waals surface area (Å²) in [7, 11) is 0. The maximum atomic E-state index is 9.92. The van der Waals surface area contributed by atoms with Gasteiger partial charge in [0.2, 0.25) is 0 Å². The van der Waals surface area contributed by atoms with Crippen LogP contribution in [0.25, 0.3) is 95.0 Å². The minimum atomic E-state index is 0.570. The normalized spacial score (nSPS) is 11.1. The lowest BCUT2D eigenvalue weighted by atomic mass is 10.0. The van der Waals surface area contributed by atoms with Gasteiger partial charge in [-0.3, -0.25) is 0 Å².